The lowest BCUT2D eigenvalue weighted by Crippen LogP contribution is -1.97. The molecule has 0 aliphatic carbocycles. The first-order valence-electron chi connectivity index (χ1n) is 5.06. The molecule has 2 aromatic carbocycles. The zero-order valence-electron chi connectivity index (χ0n) is 8.61. The standard InChI is InChI=1S/C13H11ClO2/c14-12-6-2-4-10-9(7-8-13(15)16)3-1-5-11(10)12/h1-6H,7-8H2,(H,15,16). The first-order valence-corrected chi connectivity index (χ1v) is 5.44. The number of aliphatic carboxylic acids is 1. The second kappa shape index (κ2) is 4.54. The molecule has 0 atom stereocenters. The Morgan fingerprint density at radius 3 is 2.56 bits per heavy atom. The van der Waals surface area contributed by atoms with Gasteiger partial charge in [-0.1, -0.05) is 41.9 Å². The molecule has 0 radical (unpaired) electrons. The van der Waals surface area contributed by atoms with Gasteiger partial charge in [-0.25, -0.2) is 0 Å². The van der Waals surface area contributed by atoms with E-state index in [1.807, 2.05) is 36.4 Å². The molecule has 0 aliphatic rings. The van der Waals surface area contributed by atoms with Gasteiger partial charge >= 0.3 is 5.97 Å². The average molecular weight is 235 g/mol. The molecule has 0 fully saturated rings. The van der Waals surface area contributed by atoms with Crippen LogP contribution in [0.4, 0.5) is 0 Å². The molecule has 0 saturated heterocycles. The van der Waals surface area contributed by atoms with E-state index in [-0.39, 0.29) is 6.42 Å². The van der Waals surface area contributed by atoms with Crippen molar-refractivity contribution in [2.75, 3.05) is 0 Å². The van der Waals surface area contributed by atoms with Crippen LogP contribution >= 0.6 is 11.6 Å². The van der Waals surface area contributed by atoms with Crippen LogP contribution in [-0.2, 0) is 11.2 Å². The molecule has 0 bridgehead atoms. The fourth-order valence-electron chi connectivity index (χ4n) is 1.80. The van der Waals surface area contributed by atoms with Gasteiger partial charge in [-0.3, -0.25) is 4.79 Å². The SMILES string of the molecule is O=C(O)CCc1cccc2c(Cl)cccc12. The van der Waals surface area contributed by atoms with Gasteiger partial charge < -0.3 is 5.11 Å². The summed E-state index contributed by atoms with van der Waals surface area (Å²) in [6, 6.07) is 11.5. The summed E-state index contributed by atoms with van der Waals surface area (Å²) in [5, 5.41) is 11.4. The monoisotopic (exact) mass is 234 g/mol. The summed E-state index contributed by atoms with van der Waals surface area (Å²) >= 11 is 6.08. The van der Waals surface area contributed by atoms with Crippen molar-refractivity contribution in [1.29, 1.82) is 0 Å². The summed E-state index contributed by atoms with van der Waals surface area (Å²) in [4.78, 5) is 10.5. The van der Waals surface area contributed by atoms with Crippen LogP contribution < -0.4 is 0 Å². The molecule has 16 heavy (non-hydrogen) atoms. The Morgan fingerprint density at radius 1 is 1.12 bits per heavy atom. The van der Waals surface area contributed by atoms with Crippen LogP contribution in [0.5, 0.6) is 0 Å². The molecule has 0 spiro atoms. The number of hydrogen-bond acceptors (Lipinski definition) is 1. The summed E-state index contributed by atoms with van der Waals surface area (Å²) in [6.45, 7) is 0. The van der Waals surface area contributed by atoms with E-state index in [1.165, 1.54) is 0 Å². The number of carboxylic acids is 1. The minimum atomic E-state index is -0.779. The zero-order chi connectivity index (χ0) is 11.5. The summed E-state index contributed by atoms with van der Waals surface area (Å²) in [7, 11) is 0. The highest BCUT2D eigenvalue weighted by Crippen LogP contribution is 2.26. The van der Waals surface area contributed by atoms with Crippen LogP contribution in [0.3, 0.4) is 0 Å². The number of hydrogen-bond donors (Lipinski definition) is 1. The molecule has 0 aliphatic heterocycles. The second-order valence-electron chi connectivity index (χ2n) is 3.65. The lowest BCUT2D eigenvalue weighted by Gasteiger charge is -2.06. The molecule has 0 saturated carbocycles. The molecule has 1 N–H and O–H groups in total. The Bertz CT molecular complexity index is 534. The molecule has 0 amide bonds. The highest BCUT2D eigenvalue weighted by molar-refractivity contribution is 6.35. The first-order chi connectivity index (χ1) is 7.68. The number of fused-ring (bicyclic) bond motifs is 1. The van der Waals surface area contributed by atoms with E-state index in [4.69, 9.17) is 16.7 Å². The summed E-state index contributed by atoms with van der Waals surface area (Å²) < 4.78 is 0. The molecule has 2 aromatic rings. The second-order valence-corrected chi connectivity index (χ2v) is 4.05. The maximum atomic E-state index is 10.5. The van der Waals surface area contributed by atoms with E-state index in [9.17, 15) is 4.79 Å². The molecular formula is C13H11ClO2. The molecule has 3 heteroatoms. The Kier molecular flexibility index (Phi) is 3.11. The summed E-state index contributed by atoms with van der Waals surface area (Å²) in [6.07, 6.45) is 0.679. The van der Waals surface area contributed by atoms with Gasteiger partial charge in [-0.15, -0.1) is 0 Å². The lowest BCUT2D eigenvalue weighted by atomic mass is 10.0. The number of rotatable bonds is 3. The van der Waals surface area contributed by atoms with Crippen molar-refractivity contribution in [3.05, 3.63) is 47.0 Å². The van der Waals surface area contributed by atoms with Crippen molar-refractivity contribution in [3.63, 3.8) is 0 Å². The average Bonchev–Trinajstić information content (AvgIpc) is 2.27. The van der Waals surface area contributed by atoms with Gasteiger partial charge in [0.2, 0.25) is 0 Å². The van der Waals surface area contributed by atoms with Crippen LogP contribution in [0.1, 0.15) is 12.0 Å². The Morgan fingerprint density at radius 2 is 1.81 bits per heavy atom. The van der Waals surface area contributed by atoms with E-state index < -0.39 is 5.97 Å². The van der Waals surface area contributed by atoms with Crippen LogP contribution in [0.15, 0.2) is 36.4 Å². The predicted octanol–water partition coefficient (Wildman–Crippen LogP) is 3.51. The summed E-state index contributed by atoms with van der Waals surface area (Å²) in [5.41, 5.74) is 1.03. The van der Waals surface area contributed by atoms with Gasteiger partial charge in [-0.05, 0) is 23.4 Å². The van der Waals surface area contributed by atoms with Crippen molar-refractivity contribution in [3.8, 4) is 0 Å². The molecule has 2 nitrogen and oxygen atoms in total. The summed E-state index contributed by atoms with van der Waals surface area (Å²) in [5.74, 6) is -0.779. The Hall–Kier alpha value is -1.54. The topological polar surface area (TPSA) is 37.3 Å². The smallest absolute Gasteiger partial charge is 0.303 e. The van der Waals surface area contributed by atoms with Crippen LogP contribution in [-0.4, -0.2) is 11.1 Å². The van der Waals surface area contributed by atoms with Gasteiger partial charge in [0.1, 0.15) is 0 Å². The van der Waals surface area contributed by atoms with Crippen molar-refractivity contribution in [2.45, 2.75) is 12.8 Å². The van der Waals surface area contributed by atoms with Crippen molar-refractivity contribution >= 4 is 28.3 Å². The number of benzene rings is 2. The van der Waals surface area contributed by atoms with Crippen LogP contribution in [0, 0.1) is 0 Å². The molecular weight excluding hydrogens is 224 g/mol. The third-order valence-corrected chi connectivity index (χ3v) is 2.90. The Balaban J connectivity index is 2.45. The highest BCUT2D eigenvalue weighted by atomic mass is 35.5. The fourth-order valence-corrected chi connectivity index (χ4v) is 2.03. The molecule has 0 aromatic heterocycles. The zero-order valence-corrected chi connectivity index (χ0v) is 9.37. The number of aryl methyl sites for hydroxylation is 1. The normalized spacial score (nSPS) is 10.6. The van der Waals surface area contributed by atoms with E-state index in [1.54, 1.807) is 0 Å². The number of halogens is 1. The molecule has 82 valence electrons. The highest BCUT2D eigenvalue weighted by Gasteiger charge is 2.05. The maximum Gasteiger partial charge on any atom is 0.303 e. The van der Waals surface area contributed by atoms with Crippen LogP contribution in [0.25, 0.3) is 10.8 Å². The minimum absolute atomic E-state index is 0.144. The predicted molar refractivity (Wildman–Crippen MR) is 64.9 cm³/mol. The van der Waals surface area contributed by atoms with E-state index >= 15 is 0 Å². The van der Waals surface area contributed by atoms with Crippen LogP contribution in [0.2, 0.25) is 5.02 Å². The largest absolute Gasteiger partial charge is 0.481 e. The third kappa shape index (κ3) is 2.17. The quantitative estimate of drug-likeness (QED) is 0.883. The lowest BCUT2D eigenvalue weighted by molar-refractivity contribution is -0.136. The van der Waals surface area contributed by atoms with E-state index in [0.29, 0.717) is 11.4 Å². The molecule has 0 heterocycles. The van der Waals surface area contributed by atoms with Crippen molar-refractivity contribution in [1.82, 2.24) is 0 Å². The van der Waals surface area contributed by atoms with E-state index in [2.05, 4.69) is 0 Å². The van der Waals surface area contributed by atoms with E-state index in [0.717, 1.165) is 16.3 Å². The maximum absolute atomic E-state index is 10.5. The number of carboxylic acid groups (broad SMARTS) is 1. The molecule has 0 unspecified atom stereocenters. The minimum Gasteiger partial charge on any atom is -0.481 e. The van der Waals surface area contributed by atoms with Crippen molar-refractivity contribution < 1.29 is 9.90 Å². The van der Waals surface area contributed by atoms with Gasteiger partial charge in [0.25, 0.3) is 0 Å². The van der Waals surface area contributed by atoms with Gasteiger partial charge in [0.15, 0.2) is 0 Å². The third-order valence-electron chi connectivity index (χ3n) is 2.57. The van der Waals surface area contributed by atoms with Crippen molar-refractivity contribution in [2.24, 2.45) is 0 Å². The first kappa shape index (κ1) is 11.0. The van der Waals surface area contributed by atoms with Gasteiger partial charge in [0.05, 0.1) is 0 Å². The molecule has 2 rings (SSSR count). The Labute approximate surface area is 98.5 Å². The number of carbonyl (C=O) groups is 1. The van der Waals surface area contributed by atoms with Gasteiger partial charge in [0, 0.05) is 16.8 Å². The fraction of sp³-hybridized carbons (Fsp3) is 0.154. The van der Waals surface area contributed by atoms with Gasteiger partial charge in [-0.2, -0.15) is 0 Å².